The third kappa shape index (κ3) is 4.76. The Labute approximate surface area is 211 Å². The van der Waals surface area contributed by atoms with E-state index in [0.717, 1.165) is 16.9 Å². The first-order valence-corrected chi connectivity index (χ1v) is 12.2. The quantitative estimate of drug-likeness (QED) is 0.569. The number of para-hydroxylation sites is 1. The van der Waals surface area contributed by atoms with Gasteiger partial charge in [-0.3, -0.25) is 9.59 Å². The number of methoxy groups -OCH3 is 2. The monoisotopic (exact) mass is 494 g/mol. The summed E-state index contributed by atoms with van der Waals surface area (Å²) in [7, 11) is 2.97. The van der Waals surface area contributed by atoms with Crippen LogP contribution < -0.4 is 10.1 Å². The fourth-order valence-electron chi connectivity index (χ4n) is 5.44. The average Bonchev–Trinajstić information content (AvgIpc) is 2.82. The van der Waals surface area contributed by atoms with Crippen LogP contribution in [-0.2, 0) is 31.0 Å². The van der Waals surface area contributed by atoms with E-state index >= 15 is 0 Å². The number of hydrogen-bond donors (Lipinski definition) is 1. The van der Waals surface area contributed by atoms with Crippen molar-refractivity contribution in [1.29, 1.82) is 0 Å². The van der Waals surface area contributed by atoms with Crippen LogP contribution in [0, 0.1) is 11.8 Å². The van der Waals surface area contributed by atoms with E-state index in [1.165, 1.54) is 7.11 Å². The largest absolute Gasteiger partial charge is 0.497 e. The Hall–Kier alpha value is -3.55. The number of anilines is 1. The molecule has 1 saturated carbocycles. The van der Waals surface area contributed by atoms with Crippen molar-refractivity contribution in [3.63, 3.8) is 0 Å². The first-order chi connectivity index (χ1) is 17.1. The highest BCUT2D eigenvalue weighted by molar-refractivity contribution is 6.00. The van der Waals surface area contributed by atoms with Crippen molar-refractivity contribution in [2.24, 2.45) is 11.8 Å². The van der Waals surface area contributed by atoms with E-state index < -0.39 is 23.0 Å². The molecule has 8 heteroatoms. The maximum atomic E-state index is 13.3. The second kappa shape index (κ2) is 9.84. The summed E-state index contributed by atoms with van der Waals surface area (Å²) < 4.78 is 16.1. The minimum absolute atomic E-state index is 0.104. The molecule has 0 saturated heterocycles. The van der Waals surface area contributed by atoms with Crippen molar-refractivity contribution in [2.75, 3.05) is 26.1 Å². The summed E-state index contributed by atoms with van der Waals surface area (Å²) in [6, 6.07) is 15.1. The fraction of sp³-hybridized carbons (Fsp3) is 0.464. The topological polar surface area (TPSA) is 94.2 Å². The summed E-state index contributed by atoms with van der Waals surface area (Å²) in [5.74, 6) is -0.564. The molecule has 8 nitrogen and oxygen atoms in total. The van der Waals surface area contributed by atoms with E-state index in [2.05, 4.69) is 5.32 Å². The molecule has 0 radical (unpaired) electrons. The molecule has 4 rings (SSSR count). The molecule has 192 valence electrons. The number of benzene rings is 2. The van der Waals surface area contributed by atoms with E-state index in [1.807, 2.05) is 69.3 Å². The Morgan fingerprint density at radius 3 is 2.42 bits per heavy atom. The molecule has 2 aromatic rings. The molecule has 2 amide bonds. The van der Waals surface area contributed by atoms with E-state index in [0.29, 0.717) is 31.6 Å². The number of rotatable bonds is 7. The predicted octanol–water partition coefficient (Wildman–Crippen LogP) is 4.52. The van der Waals surface area contributed by atoms with Crippen LogP contribution in [0.15, 0.2) is 48.5 Å². The van der Waals surface area contributed by atoms with E-state index in [4.69, 9.17) is 14.2 Å². The van der Waals surface area contributed by atoms with Crippen molar-refractivity contribution in [1.82, 2.24) is 4.90 Å². The maximum absolute atomic E-state index is 13.3. The highest BCUT2D eigenvalue weighted by Gasteiger charge is 2.64. The molecular weight excluding hydrogens is 460 g/mol. The number of amides is 2. The van der Waals surface area contributed by atoms with Gasteiger partial charge < -0.3 is 24.4 Å². The second-order valence-corrected chi connectivity index (χ2v) is 10.4. The van der Waals surface area contributed by atoms with Gasteiger partial charge in [0.25, 0.3) is 0 Å². The van der Waals surface area contributed by atoms with Crippen molar-refractivity contribution < 1.29 is 28.6 Å². The molecule has 2 aromatic carbocycles. The Balaban J connectivity index is 1.67. The first-order valence-electron chi connectivity index (χ1n) is 12.2. The molecule has 1 N–H and O–H groups in total. The lowest BCUT2D eigenvalue weighted by Crippen LogP contribution is -2.63. The van der Waals surface area contributed by atoms with Crippen LogP contribution in [0.1, 0.15) is 44.7 Å². The van der Waals surface area contributed by atoms with Crippen molar-refractivity contribution in [3.05, 3.63) is 59.7 Å². The SMILES string of the molecule is COC(=O)[C@H]1C[C@@H]2C(=O)Nc3ccccc3[C@@]21CCN(Cc1ccc(OC)cc1)C(=O)OC(C)(C)C. The molecule has 0 unspecified atom stereocenters. The van der Waals surface area contributed by atoms with Gasteiger partial charge in [0.2, 0.25) is 5.91 Å². The smallest absolute Gasteiger partial charge is 0.410 e. The number of nitrogens with zero attached hydrogens (tertiary/aromatic N) is 1. The van der Waals surface area contributed by atoms with E-state index in [-0.39, 0.29) is 17.8 Å². The Kier molecular flexibility index (Phi) is 6.98. The molecule has 0 spiro atoms. The summed E-state index contributed by atoms with van der Waals surface area (Å²) in [6.07, 6.45) is 0.378. The zero-order valence-corrected chi connectivity index (χ0v) is 21.5. The van der Waals surface area contributed by atoms with Gasteiger partial charge in [-0.1, -0.05) is 30.3 Å². The molecule has 1 aliphatic heterocycles. The Morgan fingerprint density at radius 1 is 1.08 bits per heavy atom. The second-order valence-electron chi connectivity index (χ2n) is 10.4. The predicted molar refractivity (Wildman–Crippen MR) is 135 cm³/mol. The van der Waals surface area contributed by atoms with Crippen LogP contribution in [0.4, 0.5) is 10.5 Å². The highest BCUT2D eigenvalue weighted by atomic mass is 16.6. The summed E-state index contributed by atoms with van der Waals surface area (Å²) in [6.45, 7) is 6.09. The molecular formula is C28H34N2O6. The summed E-state index contributed by atoms with van der Waals surface area (Å²) in [4.78, 5) is 40.7. The maximum Gasteiger partial charge on any atom is 0.410 e. The molecule has 36 heavy (non-hydrogen) atoms. The normalized spacial score (nSPS) is 22.3. The van der Waals surface area contributed by atoms with Gasteiger partial charge in [0, 0.05) is 30.1 Å². The van der Waals surface area contributed by atoms with Crippen molar-refractivity contribution >= 4 is 23.7 Å². The summed E-state index contributed by atoms with van der Waals surface area (Å²) >= 11 is 0. The zero-order valence-electron chi connectivity index (χ0n) is 21.5. The summed E-state index contributed by atoms with van der Waals surface area (Å²) in [5.41, 5.74) is 1.09. The molecule has 1 heterocycles. The molecule has 2 aliphatic rings. The lowest BCUT2D eigenvalue weighted by Gasteiger charge is -2.57. The average molecular weight is 495 g/mol. The number of hydrogen-bond acceptors (Lipinski definition) is 6. The van der Waals surface area contributed by atoms with Gasteiger partial charge in [-0.05, 0) is 62.9 Å². The van der Waals surface area contributed by atoms with Crippen molar-refractivity contribution in [2.45, 2.75) is 51.2 Å². The van der Waals surface area contributed by atoms with Crippen LogP contribution >= 0.6 is 0 Å². The number of fused-ring (bicyclic) bond motifs is 3. The van der Waals surface area contributed by atoms with Crippen LogP contribution in [0.5, 0.6) is 5.75 Å². The summed E-state index contributed by atoms with van der Waals surface area (Å²) in [5, 5.41) is 2.98. The number of ether oxygens (including phenoxy) is 3. The van der Waals surface area contributed by atoms with Gasteiger partial charge in [-0.2, -0.15) is 0 Å². The van der Waals surface area contributed by atoms with Gasteiger partial charge >= 0.3 is 12.1 Å². The van der Waals surface area contributed by atoms with Crippen LogP contribution in [0.2, 0.25) is 0 Å². The first kappa shape index (κ1) is 25.5. The van der Waals surface area contributed by atoms with E-state index in [9.17, 15) is 14.4 Å². The third-order valence-corrected chi connectivity index (χ3v) is 7.18. The van der Waals surface area contributed by atoms with Crippen LogP contribution in [0.25, 0.3) is 0 Å². The molecule has 0 bridgehead atoms. The number of esters is 1. The Morgan fingerprint density at radius 2 is 1.78 bits per heavy atom. The van der Waals surface area contributed by atoms with Gasteiger partial charge in [0.15, 0.2) is 0 Å². The number of carbonyl (C=O) groups excluding carboxylic acids is 3. The van der Waals surface area contributed by atoms with Gasteiger partial charge in [0.1, 0.15) is 11.4 Å². The minimum atomic E-state index is -0.758. The zero-order chi connectivity index (χ0) is 26.1. The molecule has 3 atom stereocenters. The molecule has 1 aliphatic carbocycles. The van der Waals surface area contributed by atoms with Gasteiger partial charge in [-0.15, -0.1) is 0 Å². The lowest BCUT2D eigenvalue weighted by atomic mass is 9.47. The van der Waals surface area contributed by atoms with Crippen LogP contribution in [-0.4, -0.2) is 49.2 Å². The third-order valence-electron chi connectivity index (χ3n) is 7.18. The van der Waals surface area contributed by atoms with Crippen molar-refractivity contribution in [3.8, 4) is 5.75 Å². The molecule has 0 aromatic heterocycles. The minimum Gasteiger partial charge on any atom is -0.497 e. The molecule has 1 fully saturated rings. The van der Waals surface area contributed by atoms with Crippen LogP contribution in [0.3, 0.4) is 0 Å². The fourth-order valence-corrected chi connectivity index (χ4v) is 5.44. The van der Waals surface area contributed by atoms with Gasteiger partial charge in [-0.25, -0.2) is 4.79 Å². The number of nitrogens with one attached hydrogen (secondary N) is 1. The highest BCUT2D eigenvalue weighted by Crippen LogP contribution is 2.60. The standard InChI is InChI=1S/C28H34N2O6/c1-27(2,3)36-26(33)30(17-18-10-12-19(34-4)13-11-18)15-14-28-20-8-6-7-9-23(20)29-24(31)21(28)16-22(28)25(32)35-5/h6-13,21-22H,14-17H2,1-5H3,(H,29,31)/t21-,22-,28+/m1/s1. The van der Waals surface area contributed by atoms with E-state index in [1.54, 1.807) is 12.0 Å². The Bertz CT molecular complexity index is 1140. The van der Waals surface area contributed by atoms with Gasteiger partial charge in [0.05, 0.1) is 20.1 Å². The number of carbonyl (C=O) groups is 3. The lowest BCUT2D eigenvalue weighted by molar-refractivity contribution is -0.161.